The Bertz CT molecular complexity index is 742. The monoisotopic (exact) mass is 361 g/mol. The quantitative estimate of drug-likeness (QED) is 0.431. The summed E-state index contributed by atoms with van der Waals surface area (Å²) in [5.41, 5.74) is 3.00. The summed E-state index contributed by atoms with van der Waals surface area (Å²) < 4.78 is 20.7. The molecule has 0 bridgehead atoms. The van der Waals surface area contributed by atoms with Gasteiger partial charge in [-0.1, -0.05) is 6.07 Å². The van der Waals surface area contributed by atoms with Crippen LogP contribution in [0.15, 0.2) is 29.3 Å². The fraction of sp³-hybridized carbons (Fsp3) is 0.474. The predicted octanol–water partition coefficient (Wildman–Crippen LogP) is 2.79. The third kappa shape index (κ3) is 5.75. The van der Waals surface area contributed by atoms with Gasteiger partial charge in [0.1, 0.15) is 0 Å². The van der Waals surface area contributed by atoms with E-state index in [4.69, 9.17) is 4.74 Å². The van der Waals surface area contributed by atoms with Gasteiger partial charge in [-0.25, -0.2) is 9.38 Å². The van der Waals surface area contributed by atoms with Crippen molar-refractivity contribution in [2.75, 3.05) is 20.2 Å². The molecule has 6 nitrogen and oxygen atoms in total. The minimum atomic E-state index is -0.372. The summed E-state index contributed by atoms with van der Waals surface area (Å²) in [6.07, 6.45) is 0.934. The van der Waals surface area contributed by atoms with Crippen LogP contribution in [0.4, 0.5) is 4.39 Å². The average molecular weight is 361 g/mol. The molecule has 0 unspecified atom stereocenters. The molecule has 2 N–H and O–H groups in total. The molecule has 0 fully saturated rings. The summed E-state index contributed by atoms with van der Waals surface area (Å²) in [4.78, 5) is 4.51. The van der Waals surface area contributed by atoms with Crippen LogP contribution in [0.1, 0.15) is 30.3 Å². The summed E-state index contributed by atoms with van der Waals surface area (Å²) >= 11 is 0. The van der Waals surface area contributed by atoms with Crippen molar-refractivity contribution in [1.82, 2.24) is 20.4 Å². The number of aromatic nitrogens is 2. The van der Waals surface area contributed by atoms with Gasteiger partial charge in [-0.05, 0) is 51.0 Å². The van der Waals surface area contributed by atoms with Crippen molar-refractivity contribution >= 4 is 5.96 Å². The lowest BCUT2D eigenvalue weighted by atomic mass is 10.2. The van der Waals surface area contributed by atoms with E-state index in [1.807, 2.05) is 24.6 Å². The molecule has 1 heterocycles. The van der Waals surface area contributed by atoms with Crippen molar-refractivity contribution < 1.29 is 9.13 Å². The maximum absolute atomic E-state index is 13.8. The first-order valence-corrected chi connectivity index (χ1v) is 8.89. The maximum Gasteiger partial charge on any atom is 0.191 e. The molecular weight excluding hydrogens is 333 g/mol. The molecule has 1 aromatic carbocycles. The zero-order valence-corrected chi connectivity index (χ0v) is 16.0. The molecule has 0 aliphatic heterocycles. The van der Waals surface area contributed by atoms with E-state index in [-0.39, 0.29) is 11.6 Å². The molecule has 7 heteroatoms. The number of nitrogens with one attached hydrogen (secondary N) is 2. The lowest BCUT2D eigenvalue weighted by molar-refractivity contribution is 0.386. The van der Waals surface area contributed by atoms with Crippen LogP contribution in [0.3, 0.4) is 0 Å². The number of ether oxygens (including phenoxy) is 1. The van der Waals surface area contributed by atoms with Crippen LogP contribution < -0.4 is 15.4 Å². The van der Waals surface area contributed by atoms with E-state index in [1.165, 1.54) is 18.9 Å². The molecule has 0 spiro atoms. The second-order valence-corrected chi connectivity index (χ2v) is 6.09. The van der Waals surface area contributed by atoms with E-state index in [2.05, 4.69) is 33.7 Å². The van der Waals surface area contributed by atoms with Gasteiger partial charge < -0.3 is 15.4 Å². The third-order valence-electron chi connectivity index (χ3n) is 3.92. The number of benzene rings is 1. The first-order chi connectivity index (χ1) is 12.5. The normalized spacial score (nSPS) is 11.5. The molecule has 0 saturated carbocycles. The van der Waals surface area contributed by atoms with Crippen molar-refractivity contribution in [3.05, 3.63) is 47.0 Å². The number of hydrogen-bond donors (Lipinski definition) is 2. The van der Waals surface area contributed by atoms with Crippen molar-refractivity contribution in [3.8, 4) is 5.75 Å². The Hall–Kier alpha value is -2.57. The Morgan fingerprint density at radius 1 is 1.27 bits per heavy atom. The second-order valence-electron chi connectivity index (χ2n) is 6.09. The molecule has 0 radical (unpaired) electrons. The van der Waals surface area contributed by atoms with Crippen LogP contribution >= 0.6 is 0 Å². The smallest absolute Gasteiger partial charge is 0.191 e. The SMILES string of the molecule is CCNC(=NCc1ccc(OC)c(F)c1)NCCCn1nc(C)cc1C. The van der Waals surface area contributed by atoms with Gasteiger partial charge in [-0.15, -0.1) is 0 Å². The van der Waals surface area contributed by atoms with Crippen LogP contribution in [0.2, 0.25) is 0 Å². The standard InChI is InChI=1S/C19H28FN5O/c1-5-21-19(22-9-6-10-25-15(3)11-14(2)24-25)23-13-16-7-8-18(26-4)17(20)12-16/h7-8,11-12H,5-6,9-10,13H2,1-4H3,(H2,21,22,23). The van der Waals surface area contributed by atoms with Gasteiger partial charge in [-0.3, -0.25) is 4.68 Å². The molecule has 0 aliphatic rings. The molecule has 0 aliphatic carbocycles. The number of nitrogens with zero attached hydrogens (tertiary/aromatic N) is 3. The highest BCUT2D eigenvalue weighted by Gasteiger charge is 2.04. The highest BCUT2D eigenvalue weighted by Crippen LogP contribution is 2.18. The van der Waals surface area contributed by atoms with Crippen molar-refractivity contribution in [3.63, 3.8) is 0 Å². The second kappa shape index (κ2) is 9.79. The first kappa shape index (κ1) is 19.8. The van der Waals surface area contributed by atoms with E-state index in [0.29, 0.717) is 6.54 Å². The maximum atomic E-state index is 13.8. The van der Waals surface area contributed by atoms with Crippen LogP contribution in [0.25, 0.3) is 0 Å². The number of methoxy groups -OCH3 is 1. The molecule has 0 amide bonds. The zero-order valence-electron chi connectivity index (χ0n) is 16.0. The topological polar surface area (TPSA) is 63.5 Å². The summed E-state index contributed by atoms with van der Waals surface area (Å²) in [5.74, 6) is 0.590. The number of rotatable bonds is 8. The fourth-order valence-electron chi connectivity index (χ4n) is 2.66. The molecule has 26 heavy (non-hydrogen) atoms. The van der Waals surface area contributed by atoms with E-state index in [0.717, 1.165) is 43.3 Å². The van der Waals surface area contributed by atoms with Gasteiger partial charge >= 0.3 is 0 Å². The van der Waals surface area contributed by atoms with Gasteiger partial charge in [-0.2, -0.15) is 5.10 Å². The first-order valence-electron chi connectivity index (χ1n) is 8.89. The molecule has 1 aromatic heterocycles. The molecular formula is C19H28FN5O. The summed E-state index contributed by atoms with van der Waals surface area (Å²) in [6.45, 7) is 8.87. The largest absolute Gasteiger partial charge is 0.494 e. The average Bonchev–Trinajstić information content (AvgIpc) is 2.94. The summed E-state index contributed by atoms with van der Waals surface area (Å²) in [6, 6.07) is 6.97. The van der Waals surface area contributed by atoms with Gasteiger partial charge in [0.25, 0.3) is 0 Å². The van der Waals surface area contributed by atoms with E-state index in [9.17, 15) is 4.39 Å². The number of guanidine groups is 1. The molecule has 2 rings (SSSR count). The van der Waals surface area contributed by atoms with Gasteiger partial charge in [0.15, 0.2) is 17.5 Å². The van der Waals surface area contributed by atoms with Crippen LogP contribution in [-0.2, 0) is 13.1 Å². The van der Waals surface area contributed by atoms with Gasteiger partial charge in [0, 0.05) is 25.3 Å². The Balaban J connectivity index is 1.86. The highest BCUT2D eigenvalue weighted by atomic mass is 19.1. The molecule has 2 aromatic rings. The Morgan fingerprint density at radius 3 is 2.69 bits per heavy atom. The van der Waals surface area contributed by atoms with Crippen molar-refractivity contribution in [2.45, 2.75) is 40.3 Å². The number of aryl methyl sites for hydroxylation is 3. The van der Waals surface area contributed by atoms with Gasteiger partial charge in [0.05, 0.1) is 19.3 Å². The Labute approximate surface area is 154 Å². The van der Waals surface area contributed by atoms with Gasteiger partial charge in [0.2, 0.25) is 0 Å². The Kier molecular flexibility index (Phi) is 7.44. The third-order valence-corrected chi connectivity index (χ3v) is 3.92. The predicted molar refractivity (Wildman–Crippen MR) is 102 cm³/mol. The molecule has 0 saturated heterocycles. The number of halogens is 1. The Morgan fingerprint density at radius 2 is 2.08 bits per heavy atom. The minimum Gasteiger partial charge on any atom is -0.494 e. The van der Waals surface area contributed by atoms with Crippen LogP contribution in [-0.4, -0.2) is 35.9 Å². The number of aliphatic imine (C=N–C) groups is 1. The van der Waals surface area contributed by atoms with E-state index >= 15 is 0 Å². The van der Waals surface area contributed by atoms with Crippen molar-refractivity contribution in [2.24, 2.45) is 4.99 Å². The van der Waals surface area contributed by atoms with E-state index < -0.39 is 0 Å². The van der Waals surface area contributed by atoms with E-state index in [1.54, 1.807) is 6.07 Å². The van der Waals surface area contributed by atoms with Crippen LogP contribution in [0.5, 0.6) is 5.75 Å². The number of hydrogen-bond acceptors (Lipinski definition) is 3. The lowest BCUT2D eigenvalue weighted by Gasteiger charge is -2.12. The van der Waals surface area contributed by atoms with Crippen LogP contribution in [0, 0.1) is 19.7 Å². The molecule has 142 valence electrons. The summed E-state index contributed by atoms with van der Waals surface area (Å²) in [7, 11) is 1.45. The highest BCUT2D eigenvalue weighted by molar-refractivity contribution is 5.79. The minimum absolute atomic E-state index is 0.243. The van der Waals surface area contributed by atoms with Crippen molar-refractivity contribution in [1.29, 1.82) is 0 Å². The summed E-state index contributed by atoms with van der Waals surface area (Å²) in [5, 5.41) is 11.0. The zero-order chi connectivity index (χ0) is 18.9. The fourth-order valence-corrected chi connectivity index (χ4v) is 2.66. The lowest BCUT2D eigenvalue weighted by Crippen LogP contribution is -2.38. The molecule has 0 atom stereocenters.